The average Bonchev–Trinajstić information content (AvgIpc) is 2.54. The Labute approximate surface area is 139 Å². The largest absolute Gasteiger partial charge is 0.482 e. The minimum atomic E-state index is -1.03. The second-order valence-corrected chi connectivity index (χ2v) is 5.32. The second kappa shape index (κ2) is 7.61. The summed E-state index contributed by atoms with van der Waals surface area (Å²) in [5.41, 5.74) is 2.24. The Bertz CT molecular complexity index is 748. The zero-order valence-electron chi connectivity index (χ0n) is 12.5. The van der Waals surface area contributed by atoms with Gasteiger partial charge in [-0.25, -0.2) is 4.79 Å². The monoisotopic (exact) mass is 330 g/mol. The van der Waals surface area contributed by atoms with E-state index in [0.717, 1.165) is 11.1 Å². The van der Waals surface area contributed by atoms with Crippen molar-refractivity contribution in [3.63, 3.8) is 0 Å². The third-order valence-corrected chi connectivity index (χ3v) is 3.54. The fraction of sp³-hybridized carbons (Fsp3) is 0.111. The molecule has 0 aromatic heterocycles. The molecule has 0 unspecified atom stereocenters. The lowest BCUT2D eigenvalue weighted by Gasteiger charge is -2.03. The number of rotatable bonds is 6. The van der Waals surface area contributed by atoms with Crippen LogP contribution < -0.4 is 4.74 Å². The van der Waals surface area contributed by atoms with Crippen molar-refractivity contribution >= 4 is 29.4 Å². The number of aryl methyl sites for hydroxylation is 1. The van der Waals surface area contributed by atoms with Gasteiger partial charge < -0.3 is 9.84 Å². The van der Waals surface area contributed by atoms with Crippen LogP contribution in [0.3, 0.4) is 0 Å². The Balaban J connectivity index is 2.03. The fourth-order valence-electron chi connectivity index (χ4n) is 1.89. The van der Waals surface area contributed by atoms with Gasteiger partial charge >= 0.3 is 5.97 Å². The van der Waals surface area contributed by atoms with Gasteiger partial charge in [-0.15, -0.1) is 0 Å². The summed E-state index contributed by atoms with van der Waals surface area (Å²) in [4.78, 5) is 22.5. The standard InChI is InChI=1S/C18H15ClO4/c1-12-10-14(5-8-16(12)19)17(20)9-4-13-2-6-15(7-3-13)23-11-18(21)22/h2-10H,11H2,1H3,(H,21,22)/b9-4+. The van der Waals surface area contributed by atoms with Gasteiger partial charge in [0.15, 0.2) is 12.4 Å². The summed E-state index contributed by atoms with van der Waals surface area (Å²) in [7, 11) is 0. The highest BCUT2D eigenvalue weighted by atomic mass is 35.5. The van der Waals surface area contributed by atoms with E-state index in [4.69, 9.17) is 21.4 Å². The van der Waals surface area contributed by atoms with Crippen LogP contribution in [0.15, 0.2) is 48.5 Å². The van der Waals surface area contributed by atoms with Crippen LogP contribution in [0.1, 0.15) is 21.5 Å². The predicted octanol–water partition coefficient (Wildman–Crippen LogP) is 4.01. The number of allylic oxidation sites excluding steroid dienone is 1. The number of benzene rings is 2. The van der Waals surface area contributed by atoms with E-state index in [-0.39, 0.29) is 12.4 Å². The topological polar surface area (TPSA) is 63.6 Å². The van der Waals surface area contributed by atoms with E-state index in [2.05, 4.69) is 0 Å². The van der Waals surface area contributed by atoms with Crippen molar-refractivity contribution in [1.82, 2.24) is 0 Å². The van der Waals surface area contributed by atoms with E-state index in [1.807, 2.05) is 6.92 Å². The summed E-state index contributed by atoms with van der Waals surface area (Å²) in [5.74, 6) is -0.682. The van der Waals surface area contributed by atoms with Gasteiger partial charge in [-0.3, -0.25) is 4.79 Å². The molecule has 0 saturated heterocycles. The number of carbonyl (C=O) groups is 2. The zero-order chi connectivity index (χ0) is 16.8. The Hall–Kier alpha value is -2.59. The van der Waals surface area contributed by atoms with Gasteiger partial charge in [0.2, 0.25) is 0 Å². The number of carbonyl (C=O) groups excluding carboxylic acids is 1. The van der Waals surface area contributed by atoms with Crippen molar-refractivity contribution < 1.29 is 19.4 Å². The SMILES string of the molecule is Cc1cc(C(=O)/C=C/c2ccc(OCC(=O)O)cc2)ccc1Cl. The molecule has 0 atom stereocenters. The lowest BCUT2D eigenvalue weighted by Crippen LogP contribution is -2.09. The van der Waals surface area contributed by atoms with Crippen molar-refractivity contribution in [3.05, 3.63) is 70.3 Å². The van der Waals surface area contributed by atoms with Crippen molar-refractivity contribution in [3.8, 4) is 5.75 Å². The summed E-state index contributed by atoms with van der Waals surface area (Å²) in [6, 6.07) is 11.9. The van der Waals surface area contributed by atoms with Gasteiger partial charge in [0.05, 0.1) is 0 Å². The highest BCUT2D eigenvalue weighted by Crippen LogP contribution is 2.17. The van der Waals surface area contributed by atoms with Crippen LogP contribution in [-0.2, 0) is 4.79 Å². The van der Waals surface area contributed by atoms with Gasteiger partial charge in [0.1, 0.15) is 5.75 Å². The fourth-order valence-corrected chi connectivity index (χ4v) is 2.00. The maximum atomic E-state index is 12.1. The van der Waals surface area contributed by atoms with Crippen LogP contribution >= 0.6 is 11.6 Å². The zero-order valence-corrected chi connectivity index (χ0v) is 13.2. The first-order valence-electron chi connectivity index (χ1n) is 6.89. The first-order chi connectivity index (χ1) is 11.0. The molecule has 0 aliphatic rings. The molecule has 0 aliphatic carbocycles. The van der Waals surface area contributed by atoms with Crippen LogP contribution in [-0.4, -0.2) is 23.5 Å². The molecule has 4 nitrogen and oxygen atoms in total. The van der Waals surface area contributed by atoms with Gasteiger partial charge in [0.25, 0.3) is 0 Å². The molecule has 2 aromatic rings. The highest BCUT2D eigenvalue weighted by molar-refractivity contribution is 6.31. The van der Waals surface area contributed by atoms with Crippen molar-refractivity contribution in [2.45, 2.75) is 6.92 Å². The first kappa shape index (κ1) is 16.8. The molecule has 0 radical (unpaired) electrons. The molecular weight excluding hydrogens is 316 g/mol. The second-order valence-electron chi connectivity index (χ2n) is 4.91. The van der Waals surface area contributed by atoms with E-state index >= 15 is 0 Å². The molecule has 0 aliphatic heterocycles. The molecule has 0 amide bonds. The van der Waals surface area contributed by atoms with Gasteiger partial charge in [-0.2, -0.15) is 0 Å². The minimum absolute atomic E-state index is 0.115. The molecular formula is C18H15ClO4. The summed E-state index contributed by atoms with van der Waals surface area (Å²) in [5, 5.41) is 9.16. The maximum absolute atomic E-state index is 12.1. The Morgan fingerprint density at radius 2 is 1.87 bits per heavy atom. The Morgan fingerprint density at radius 3 is 2.48 bits per heavy atom. The molecule has 118 valence electrons. The summed E-state index contributed by atoms with van der Waals surface area (Å²) in [6.45, 7) is 1.46. The van der Waals surface area contributed by atoms with Gasteiger partial charge in [-0.05, 0) is 54.5 Å². The van der Waals surface area contributed by atoms with Gasteiger partial charge in [-0.1, -0.05) is 29.8 Å². The number of aliphatic carboxylic acids is 1. The van der Waals surface area contributed by atoms with E-state index in [9.17, 15) is 9.59 Å². The van der Waals surface area contributed by atoms with E-state index in [0.29, 0.717) is 16.3 Å². The minimum Gasteiger partial charge on any atom is -0.482 e. The smallest absolute Gasteiger partial charge is 0.341 e. The number of hydrogen-bond donors (Lipinski definition) is 1. The van der Waals surface area contributed by atoms with Crippen molar-refractivity contribution in [2.75, 3.05) is 6.61 Å². The quantitative estimate of drug-likeness (QED) is 0.642. The Kier molecular flexibility index (Phi) is 5.55. The summed E-state index contributed by atoms with van der Waals surface area (Å²) in [6.07, 6.45) is 3.17. The molecule has 0 bridgehead atoms. The van der Waals surface area contributed by atoms with Crippen LogP contribution in [0.2, 0.25) is 5.02 Å². The van der Waals surface area contributed by atoms with Gasteiger partial charge in [0, 0.05) is 10.6 Å². The molecule has 2 rings (SSSR count). The molecule has 5 heteroatoms. The maximum Gasteiger partial charge on any atom is 0.341 e. The molecule has 0 heterocycles. The van der Waals surface area contributed by atoms with E-state index < -0.39 is 5.97 Å². The van der Waals surface area contributed by atoms with E-state index in [1.165, 1.54) is 6.08 Å². The predicted molar refractivity (Wildman–Crippen MR) is 89.1 cm³/mol. The van der Waals surface area contributed by atoms with Crippen LogP contribution in [0.4, 0.5) is 0 Å². The lowest BCUT2D eigenvalue weighted by atomic mass is 10.1. The van der Waals surface area contributed by atoms with Crippen LogP contribution in [0.25, 0.3) is 6.08 Å². The Morgan fingerprint density at radius 1 is 1.17 bits per heavy atom. The van der Waals surface area contributed by atoms with E-state index in [1.54, 1.807) is 48.5 Å². The number of ketones is 1. The molecule has 23 heavy (non-hydrogen) atoms. The highest BCUT2D eigenvalue weighted by Gasteiger charge is 2.04. The summed E-state index contributed by atoms with van der Waals surface area (Å²) < 4.78 is 5.04. The van der Waals surface area contributed by atoms with Crippen molar-refractivity contribution in [2.24, 2.45) is 0 Å². The molecule has 0 saturated carbocycles. The van der Waals surface area contributed by atoms with Crippen LogP contribution in [0, 0.1) is 6.92 Å². The first-order valence-corrected chi connectivity index (χ1v) is 7.27. The molecule has 1 N–H and O–H groups in total. The molecule has 0 spiro atoms. The number of hydrogen-bond acceptors (Lipinski definition) is 3. The lowest BCUT2D eigenvalue weighted by molar-refractivity contribution is -0.139. The molecule has 0 fully saturated rings. The number of carboxylic acid groups (broad SMARTS) is 1. The third kappa shape index (κ3) is 4.97. The number of halogens is 1. The molecule has 2 aromatic carbocycles. The van der Waals surface area contributed by atoms with Crippen molar-refractivity contribution in [1.29, 1.82) is 0 Å². The normalized spacial score (nSPS) is 10.7. The number of carboxylic acids is 1. The van der Waals surface area contributed by atoms with Crippen LogP contribution in [0.5, 0.6) is 5.75 Å². The average molecular weight is 331 g/mol. The summed E-state index contributed by atoms with van der Waals surface area (Å²) >= 11 is 5.94. The number of ether oxygens (including phenoxy) is 1. The third-order valence-electron chi connectivity index (χ3n) is 3.11.